The van der Waals surface area contributed by atoms with Crippen LogP contribution in [0.1, 0.15) is 5.56 Å². The Bertz CT molecular complexity index is 533. The van der Waals surface area contributed by atoms with E-state index in [1.807, 2.05) is 0 Å². The van der Waals surface area contributed by atoms with Crippen LogP contribution in [0.2, 0.25) is 0 Å². The van der Waals surface area contributed by atoms with Crippen molar-refractivity contribution in [2.75, 3.05) is 21.3 Å². The second-order valence-electron chi connectivity index (χ2n) is 3.28. The Morgan fingerprint density at radius 1 is 1.39 bits per heavy atom. The molecule has 0 fully saturated rings. The molecule has 0 amide bonds. The number of hydrogen-bond donors (Lipinski definition) is 0. The zero-order valence-corrected chi connectivity index (χ0v) is 10.6. The molecule has 1 aromatic rings. The normalized spacial score (nSPS) is 11.0. The third kappa shape index (κ3) is 2.50. The van der Waals surface area contributed by atoms with Crippen molar-refractivity contribution in [1.29, 1.82) is 0 Å². The van der Waals surface area contributed by atoms with Gasteiger partial charge in [-0.1, -0.05) is 0 Å². The van der Waals surface area contributed by atoms with Gasteiger partial charge in [-0.05, 0) is 0 Å². The quantitative estimate of drug-likeness (QED) is 0.426. The molecule has 0 bridgehead atoms. The summed E-state index contributed by atoms with van der Waals surface area (Å²) in [4.78, 5) is 23.4. The van der Waals surface area contributed by atoms with Crippen molar-refractivity contribution >= 4 is 11.5 Å². The number of methoxy groups -OCH3 is 3. The lowest BCUT2D eigenvalue weighted by Gasteiger charge is -2.10. The van der Waals surface area contributed by atoms with E-state index in [4.69, 9.17) is 9.47 Å². The van der Waals surface area contributed by atoms with E-state index >= 15 is 0 Å². The summed E-state index contributed by atoms with van der Waals surface area (Å²) in [5.74, 6) is -0.647. The summed E-state index contributed by atoms with van der Waals surface area (Å²) in [6, 6.07) is 0. The fourth-order valence-corrected chi connectivity index (χ4v) is 1.36. The van der Waals surface area contributed by atoms with Gasteiger partial charge in [0, 0.05) is 7.05 Å². The molecular weight excluding hydrogens is 240 g/mol. The van der Waals surface area contributed by atoms with Crippen molar-refractivity contribution in [2.45, 2.75) is 0 Å². The second-order valence-corrected chi connectivity index (χ2v) is 3.28. The molecule has 1 rings (SSSR count). The fraction of sp³-hybridized carbons (Fsp3) is 0.364. The van der Waals surface area contributed by atoms with Crippen molar-refractivity contribution in [1.82, 2.24) is 9.78 Å². The van der Waals surface area contributed by atoms with Crippen molar-refractivity contribution < 1.29 is 19.0 Å². The van der Waals surface area contributed by atoms with Crippen LogP contribution in [0.25, 0.3) is 5.57 Å². The minimum atomic E-state index is -0.648. The van der Waals surface area contributed by atoms with Gasteiger partial charge in [0.25, 0.3) is 0 Å². The average Bonchev–Trinajstić information content (AvgIpc) is 2.38. The van der Waals surface area contributed by atoms with E-state index in [1.165, 1.54) is 40.8 Å². The van der Waals surface area contributed by atoms with E-state index < -0.39 is 11.5 Å². The van der Waals surface area contributed by atoms with Gasteiger partial charge in [-0.15, -0.1) is 0 Å². The minimum absolute atomic E-state index is 0.00111. The van der Waals surface area contributed by atoms with Gasteiger partial charge < -0.3 is 14.2 Å². The number of nitrogens with zero attached hydrogens (tertiary/aromatic N) is 2. The van der Waals surface area contributed by atoms with Gasteiger partial charge in [-0.3, -0.25) is 4.79 Å². The van der Waals surface area contributed by atoms with E-state index in [0.29, 0.717) is 0 Å². The van der Waals surface area contributed by atoms with Crippen LogP contribution in [0.4, 0.5) is 0 Å². The summed E-state index contributed by atoms with van der Waals surface area (Å²) >= 11 is 0. The fourth-order valence-electron chi connectivity index (χ4n) is 1.36. The number of hydrogen-bond acceptors (Lipinski definition) is 6. The maximum atomic E-state index is 11.8. The van der Waals surface area contributed by atoms with Crippen molar-refractivity contribution in [3.8, 4) is 5.75 Å². The molecule has 0 atom stereocenters. The zero-order valence-electron chi connectivity index (χ0n) is 10.6. The van der Waals surface area contributed by atoms with Gasteiger partial charge >= 0.3 is 11.5 Å². The largest absolute Gasteiger partial charge is 0.503 e. The lowest BCUT2D eigenvalue weighted by atomic mass is 10.1. The van der Waals surface area contributed by atoms with Gasteiger partial charge in [-0.2, -0.15) is 5.10 Å². The number of aromatic nitrogens is 2. The molecule has 18 heavy (non-hydrogen) atoms. The molecule has 0 aliphatic heterocycles. The lowest BCUT2D eigenvalue weighted by Crippen LogP contribution is -2.23. The molecule has 0 radical (unpaired) electrons. The smallest absolute Gasteiger partial charge is 0.341 e. The predicted molar refractivity (Wildman–Crippen MR) is 63.0 cm³/mol. The van der Waals surface area contributed by atoms with Crippen molar-refractivity contribution in [2.24, 2.45) is 7.05 Å². The summed E-state index contributed by atoms with van der Waals surface area (Å²) in [7, 11) is 5.42. The van der Waals surface area contributed by atoms with Crippen LogP contribution in [0.5, 0.6) is 5.75 Å². The topological polar surface area (TPSA) is 79.7 Å². The van der Waals surface area contributed by atoms with Gasteiger partial charge in [0.1, 0.15) is 5.57 Å². The summed E-state index contributed by atoms with van der Waals surface area (Å²) in [5, 5.41) is 3.83. The summed E-state index contributed by atoms with van der Waals surface area (Å²) in [6.45, 7) is 0. The van der Waals surface area contributed by atoms with Crippen LogP contribution in [-0.2, 0) is 21.3 Å². The molecule has 0 unspecified atom stereocenters. The highest BCUT2D eigenvalue weighted by molar-refractivity contribution is 6.16. The highest BCUT2D eigenvalue weighted by Crippen LogP contribution is 2.22. The predicted octanol–water partition coefficient (Wildman–Crippen LogP) is -0.0508. The molecule has 98 valence electrons. The van der Waals surface area contributed by atoms with Gasteiger partial charge in [-0.25, -0.2) is 9.48 Å². The summed E-state index contributed by atoms with van der Waals surface area (Å²) < 4.78 is 15.5. The molecule has 0 N–H and O–H groups in total. The second kappa shape index (κ2) is 5.85. The molecule has 0 aliphatic carbocycles. The number of aryl methyl sites for hydroxylation is 1. The average molecular weight is 254 g/mol. The Morgan fingerprint density at radius 2 is 2.06 bits per heavy atom. The Hall–Kier alpha value is -2.31. The first-order valence-corrected chi connectivity index (χ1v) is 4.98. The maximum Gasteiger partial charge on any atom is 0.341 e. The highest BCUT2D eigenvalue weighted by Gasteiger charge is 2.21. The lowest BCUT2D eigenvalue weighted by molar-refractivity contribution is -0.133. The molecule has 1 aromatic heterocycles. The summed E-state index contributed by atoms with van der Waals surface area (Å²) in [6.07, 6.45) is 2.51. The third-order valence-corrected chi connectivity index (χ3v) is 2.23. The van der Waals surface area contributed by atoms with Gasteiger partial charge in [0.05, 0.1) is 39.4 Å². The SMILES string of the molecule is CO/C=C(/C(=O)OC)c1cnn(C)c(=O)c1OC. The van der Waals surface area contributed by atoms with Crippen molar-refractivity contribution in [3.63, 3.8) is 0 Å². The Morgan fingerprint density at radius 3 is 2.56 bits per heavy atom. The van der Waals surface area contributed by atoms with Gasteiger partial charge in [0.2, 0.25) is 0 Å². The highest BCUT2D eigenvalue weighted by atomic mass is 16.5. The first-order valence-electron chi connectivity index (χ1n) is 4.98. The Balaban J connectivity index is 3.47. The van der Waals surface area contributed by atoms with Crippen molar-refractivity contribution in [3.05, 3.63) is 28.4 Å². The number of esters is 1. The van der Waals surface area contributed by atoms with E-state index in [9.17, 15) is 9.59 Å². The monoisotopic (exact) mass is 254 g/mol. The van der Waals surface area contributed by atoms with E-state index in [0.717, 1.165) is 4.68 Å². The van der Waals surface area contributed by atoms with E-state index in [-0.39, 0.29) is 16.9 Å². The number of carbonyl (C=O) groups excluding carboxylic acids is 1. The molecule has 0 saturated carbocycles. The molecule has 0 saturated heterocycles. The van der Waals surface area contributed by atoms with Crippen LogP contribution >= 0.6 is 0 Å². The van der Waals surface area contributed by atoms with Crippen LogP contribution in [0.3, 0.4) is 0 Å². The molecule has 7 nitrogen and oxygen atoms in total. The maximum absolute atomic E-state index is 11.8. The number of ether oxygens (including phenoxy) is 3. The van der Waals surface area contributed by atoms with Crippen LogP contribution in [-0.4, -0.2) is 37.1 Å². The Labute approximate surface area is 104 Å². The first-order chi connectivity index (χ1) is 8.56. The molecule has 0 aromatic carbocycles. The van der Waals surface area contributed by atoms with Crippen LogP contribution in [0.15, 0.2) is 17.3 Å². The standard InChI is InChI=1S/C11H14N2O5/c1-13-10(14)9(17-3)7(5-12-13)8(6-16-2)11(15)18-4/h5-6H,1-4H3/b8-6+. The van der Waals surface area contributed by atoms with E-state index in [2.05, 4.69) is 9.84 Å². The van der Waals surface area contributed by atoms with Gasteiger partial charge in [0.15, 0.2) is 5.75 Å². The minimum Gasteiger partial charge on any atom is -0.503 e. The number of carbonyl (C=O) groups is 1. The van der Waals surface area contributed by atoms with Crippen LogP contribution in [0, 0.1) is 0 Å². The summed E-state index contributed by atoms with van der Waals surface area (Å²) in [5.41, 5.74) is -0.183. The molecule has 0 aliphatic rings. The molecule has 7 heteroatoms. The Kier molecular flexibility index (Phi) is 4.47. The van der Waals surface area contributed by atoms with E-state index in [1.54, 1.807) is 0 Å². The zero-order chi connectivity index (χ0) is 13.7. The third-order valence-electron chi connectivity index (χ3n) is 2.23. The molecular formula is C11H14N2O5. The molecule has 1 heterocycles. The first kappa shape index (κ1) is 13.8. The van der Waals surface area contributed by atoms with Crippen LogP contribution < -0.4 is 10.3 Å². The molecule has 0 spiro atoms. The number of rotatable bonds is 4.